The van der Waals surface area contributed by atoms with E-state index in [1.165, 1.54) is 65.1 Å². The highest BCUT2D eigenvalue weighted by molar-refractivity contribution is 4.86. The molecule has 4 nitrogen and oxygen atoms in total. The van der Waals surface area contributed by atoms with Crippen molar-refractivity contribution in [2.75, 3.05) is 66.5 Å². The van der Waals surface area contributed by atoms with Gasteiger partial charge >= 0.3 is 0 Å². The fraction of sp³-hybridized carbons (Fsp3) is 1.00. The number of nitrogens with one attached hydrogen (secondary N) is 1. The highest BCUT2D eigenvalue weighted by Crippen LogP contribution is 2.26. The number of hydrogen-bond donors (Lipinski definition) is 1. The highest BCUT2D eigenvalue weighted by Gasteiger charge is 2.29. The highest BCUT2D eigenvalue weighted by atomic mass is 15.3. The first-order valence-corrected chi connectivity index (χ1v) is 8.52. The van der Waals surface area contributed by atoms with Crippen LogP contribution in [0.5, 0.6) is 0 Å². The zero-order chi connectivity index (χ0) is 14.4. The number of piperazine rings is 1. The fourth-order valence-corrected chi connectivity index (χ4v) is 3.65. The van der Waals surface area contributed by atoms with Crippen LogP contribution >= 0.6 is 0 Å². The average Bonchev–Trinajstić information content (AvgIpc) is 2.86. The molecule has 0 radical (unpaired) electrons. The lowest BCUT2D eigenvalue weighted by Crippen LogP contribution is -2.50. The van der Waals surface area contributed by atoms with E-state index in [4.69, 9.17) is 0 Å². The molecule has 1 N–H and O–H groups in total. The smallest absolute Gasteiger partial charge is 0.0110 e. The van der Waals surface area contributed by atoms with Crippen LogP contribution in [-0.4, -0.2) is 87.2 Å². The Morgan fingerprint density at radius 1 is 1.05 bits per heavy atom. The van der Waals surface area contributed by atoms with Gasteiger partial charge in [-0.05, 0) is 39.4 Å². The maximum Gasteiger partial charge on any atom is 0.0110 e. The zero-order valence-electron chi connectivity index (χ0n) is 13.8. The van der Waals surface area contributed by atoms with Crippen molar-refractivity contribution in [3.63, 3.8) is 0 Å². The third-order valence-electron chi connectivity index (χ3n) is 4.95. The van der Waals surface area contributed by atoms with Gasteiger partial charge in [0, 0.05) is 51.9 Å². The molecule has 2 unspecified atom stereocenters. The van der Waals surface area contributed by atoms with Crippen molar-refractivity contribution in [1.29, 1.82) is 0 Å². The quantitative estimate of drug-likeness (QED) is 0.750. The summed E-state index contributed by atoms with van der Waals surface area (Å²) < 4.78 is 0. The van der Waals surface area contributed by atoms with Crippen LogP contribution in [0.15, 0.2) is 0 Å². The van der Waals surface area contributed by atoms with E-state index in [-0.39, 0.29) is 0 Å². The van der Waals surface area contributed by atoms with E-state index in [1.54, 1.807) is 0 Å². The Balaban J connectivity index is 1.66. The molecule has 118 valence electrons. The Kier molecular flexibility index (Phi) is 6.75. The van der Waals surface area contributed by atoms with Crippen molar-refractivity contribution in [3.8, 4) is 0 Å². The van der Waals surface area contributed by atoms with Crippen LogP contribution < -0.4 is 5.32 Å². The van der Waals surface area contributed by atoms with Gasteiger partial charge in [0.2, 0.25) is 0 Å². The molecule has 0 amide bonds. The lowest BCUT2D eigenvalue weighted by atomic mass is 10.0. The molecule has 2 fully saturated rings. The average molecular weight is 282 g/mol. The Morgan fingerprint density at radius 3 is 2.40 bits per heavy atom. The summed E-state index contributed by atoms with van der Waals surface area (Å²) in [7, 11) is 4.33. The van der Waals surface area contributed by atoms with Crippen molar-refractivity contribution in [3.05, 3.63) is 0 Å². The Hall–Kier alpha value is -0.160. The van der Waals surface area contributed by atoms with Gasteiger partial charge in [0.05, 0.1) is 0 Å². The van der Waals surface area contributed by atoms with Gasteiger partial charge < -0.3 is 15.1 Å². The molecule has 2 rings (SSSR count). The predicted octanol–water partition coefficient (Wildman–Crippen LogP) is 0.944. The van der Waals surface area contributed by atoms with E-state index in [1.807, 2.05) is 0 Å². The first kappa shape index (κ1) is 16.2. The molecule has 1 aliphatic heterocycles. The standard InChI is InChI=1S/C16H34N4/c1-4-17-16-7-5-6-15(16)14-20-12-10-19(11-13-20)9-8-18(2)3/h15-17H,4-14H2,1-3H3. The summed E-state index contributed by atoms with van der Waals surface area (Å²) in [6, 6.07) is 0.784. The molecule has 0 bridgehead atoms. The van der Waals surface area contributed by atoms with Gasteiger partial charge in [-0.2, -0.15) is 0 Å². The molecule has 1 aliphatic carbocycles. The summed E-state index contributed by atoms with van der Waals surface area (Å²) in [5.74, 6) is 0.892. The maximum atomic E-state index is 3.68. The normalized spacial score (nSPS) is 29.4. The first-order chi connectivity index (χ1) is 9.69. The topological polar surface area (TPSA) is 21.8 Å². The summed E-state index contributed by atoms with van der Waals surface area (Å²) in [6.07, 6.45) is 4.24. The molecule has 0 aromatic rings. The minimum absolute atomic E-state index is 0.784. The molecular weight excluding hydrogens is 248 g/mol. The van der Waals surface area contributed by atoms with Gasteiger partial charge in [0.1, 0.15) is 0 Å². The molecule has 1 heterocycles. The number of likely N-dealkylation sites (N-methyl/N-ethyl adjacent to an activating group) is 1. The van der Waals surface area contributed by atoms with Crippen molar-refractivity contribution < 1.29 is 0 Å². The second-order valence-electron chi connectivity index (χ2n) is 6.80. The van der Waals surface area contributed by atoms with Crippen LogP contribution in [0.1, 0.15) is 26.2 Å². The second kappa shape index (κ2) is 8.32. The van der Waals surface area contributed by atoms with Crippen LogP contribution in [0.3, 0.4) is 0 Å². The minimum atomic E-state index is 0.784. The molecule has 1 saturated carbocycles. The molecule has 0 spiro atoms. The van der Waals surface area contributed by atoms with Gasteiger partial charge in [0.15, 0.2) is 0 Å². The predicted molar refractivity (Wildman–Crippen MR) is 86.2 cm³/mol. The van der Waals surface area contributed by atoms with Crippen LogP contribution in [0.2, 0.25) is 0 Å². The molecule has 2 aliphatic rings. The van der Waals surface area contributed by atoms with Crippen LogP contribution in [0, 0.1) is 5.92 Å². The Bertz CT molecular complexity index is 261. The Labute approximate surface area is 125 Å². The zero-order valence-corrected chi connectivity index (χ0v) is 13.8. The van der Waals surface area contributed by atoms with Crippen LogP contribution in [0.25, 0.3) is 0 Å². The maximum absolute atomic E-state index is 3.68. The number of nitrogens with zero attached hydrogens (tertiary/aromatic N) is 3. The SMILES string of the molecule is CCNC1CCCC1CN1CCN(CCN(C)C)CC1. The van der Waals surface area contributed by atoms with Crippen LogP contribution in [0.4, 0.5) is 0 Å². The van der Waals surface area contributed by atoms with Gasteiger partial charge in [-0.25, -0.2) is 0 Å². The van der Waals surface area contributed by atoms with E-state index in [9.17, 15) is 0 Å². The summed E-state index contributed by atoms with van der Waals surface area (Å²) >= 11 is 0. The molecule has 20 heavy (non-hydrogen) atoms. The minimum Gasteiger partial charge on any atom is -0.314 e. The second-order valence-corrected chi connectivity index (χ2v) is 6.80. The third kappa shape index (κ3) is 4.99. The van der Waals surface area contributed by atoms with Gasteiger partial charge in [0.25, 0.3) is 0 Å². The van der Waals surface area contributed by atoms with Crippen LogP contribution in [-0.2, 0) is 0 Å². The summed E-state index contributed by atoms with van der Waals surface area (Å²) in [4.78, 5) is 7.60. The lowest BCUT2D eigenvalue weighted by molar-refractivity contribution is 0.108. The summed E-state index contributed by atoms with van der Waals surface area (Å²) in [5, 5.41) is 3.68. The molecule has 0 aromatic heterocycles. The molecule has 4 heteroatoms. The van der Waals surface area contributed by atoms with Crippen molar-refractivity contribution in [2.45, 2.75) is 32.2 Å². The fourth-order valence-electron chi connectivity index (χ4n) is 3.65. The molecule has 0 aromatic carbocycles. The van der Waals surface area contributed by atoms with Crippen molar-refractivity contribution in [1.82, 2.24) is 20.0 Å². The molecule has 1 saturated heterocycles. The van der Waals surface area contributed by atoms with Gasteiger partial charge in [-0.3, -0.25) is 4.90 Å². The van der Waals surface area contributed by atoms with E-state index in [2.05, 4.69) is 41.0 Å². The number of rotatable bonds is 7. The molecular formula is C16H34N4. The third-order valence-corrected chi connectivity index (χ3v) is 4.95. The first-order valence-electron chi connectivity index (χ1n) is 8.52. The summed E-state index contributed by atoms with van der Waals surface area (Å²) in [5.41, 5.74) is 0. The van der Waals surface area contributed by atoms with E-state index >= 15 is 0 Å². The van der Waals surface area contributed by atoms with Crippen molar-refractivity contribution in [2.24, 2.45) is 5.92 Å². The van der Waals surface area contributed by atoms with E-state index < -0.39 is 0 Å². The number of hydrogen-bond acceptors (Lipinski definition) is 4. The van der Waals surface area contributed by atoms with E-state index in [0.29, 0.717) is 0 Å². The van der Waals surface area contributed by atoms with E-state index in [0.717, 1.165) is 18.5 Å². The largest absolute Gasteiger partial charge is 0.314 e. The monoisotopic (exact) mass is 282 g/mol. The lowest BCUT2D eigenvalue weighted by Gasteiger charge is -2.37. The Morgan fingerprint density at radius 2 is 1.75 bits per heavy atom. The summed E-state index contributed by atoms with van der Waals surface area (Å²) in [6.45, 7) is 12.1. The van der Waals surface area contributed by atoms with Crippen molar-refractivity contribution >= 4 is 0 Å². The van der Waals surface area contributed by atoms with Gasteiger partial charge in [-0.1, -0.05) is 13.3 Å². The molecule has 2 atom stereocenters. The van der Waals surface area contributed by atoms with Gasteiger partial charge in [-0.15, -0.1) is 0 Å².